The Balaban J connectivity index is 1.79. The van der Waals surface area contributed by atoms with Gasteiger partial charge in [0.25, 0.3) is 5.91 Å². The highest BCUT2D eigenvalue weighted by atomic mass is 16.4. The summed E-state index contributed by atoms with van der Waals surface area (Å²) in [6.45, 7) is 5.05. The molecule has 92 valence electrons. The van der Waals surface area contributed by atoms with E-state index in [-0.39, 0.29) is 5.91 Å². The smallest absolute Gasteiger partial charge is 0.276 e. The molecule has 1 aromatic heterocycles. The van der Waals surface area contributed by atoms with Gasteiger partial charge in [0.1, 0.15) is 5.76 Å². The van der Waals surface area contributed by atoms with Crippen molar-refractivity contribution in [2.75, 3.05) is 26.2 Å². The fourth-order valence-electron chi connectivity index (χ4n) is 2.14. The fraction of sp³-hybridized carbons (Fsp3) is 0.667. The summed E-state index contributed by atoms with van der Waals surface area (Å²) < 4.78 is 5.58. The van der Waals surface area contributed by atoms with Gasteiger partial charge in [0.05, 0.1) is 0 Å². The highest BCUT2D eigenvalue weighted by molar-refractivity contribution is 5.93. The molecule has 2 fully saturated rings. The molecule has 0 radical (unpaired) electrons. The van der Waals surface area contributed by atoms with Crippen molar-refractivity contribution in [2.24, 2.45) is 0 Å². The molecule has 17 heavy (non-hydrogen) atoms. The van der Waals surface area contributed by atoms with E-state index in [1.165, 1.54) is 0 Å². The van der Waals surface area contributed by atoms with Crippen LogP contribution in [-0.4, -0.2) is 42.0 Å². The molecule has 1 N–H and O–H groups in total. The van der Waals surface area contributed by atoms with Crippen LogP contribution >= 0.6 is 0 Å². The Morgan fingerprint density at radius 2 is 2.12 bits per heavy atom. The predicted octanol–water partition coefficient (Wildman–Crippen LogP) is 0.906. The number of hydrogen-bond donors (Lipinski definition) is 1. The standard InChI is InChI=1S/C12H17N3O2/c1-8-10(14-11(17-8)9-2-3-9)12(16)15-6-4-13-5-7-15/h9,13H,2-7H2,1H3. The van der Waals surface area contributed by atoms with Crippen molar-refractivity contribution in [1.82, 2.24) is 15.2 Å². The number of amides is 1. The molecule has 1 aliphatic heterocycles. The Morgan fingerprint density at radius 1 is 1.41 bits per heavy atom. The van der Waals surface area contributed by atoms with E-state index < -0.39 is 0 Å². The molecule has 0 bridgehead atoms. The number of carbonyl (C=O) groups excluding carboxylic acids is 1. The van der Waals surface area contributed by atoms with Crippen molar-refractivity contribution in [3.05, 3.63) is 17.3 Å². The number of nitrogens with one attached hydrogen (secondary N) is 1. The van der Waals surface area contributed by atoms with Gasteiger partial charge in [-0.25, -0.2) is 4.98 Å². The second-order valence-electron chi connectivity index (χ2n) is 4.77. The summed E-state index contributed by atoms with van der Waals surface area (Å²) in [6, 6.07) is 0. The minimum Gasteiger partial charge on any atom is -0.445 e. The minimum absolute atomic E-state index is 0.0136. The molecule has 5 heteroatoms. The maximum absolute atomic E-state index is 12.3. The molecular formula is C12H17N3O2. The van der Waals surface area contributed by atoms with E-state index in [1.807, 2.05) is 11.8 Å². The van der Waals surface area contributed by atoms with Gasteiger partial charge >= 0.3 is 0 Å². The summed E-state index contributed by atoms with van der Waals surface area (Å²) in [5, 5.41) is 3.23. The molecular weight excluding hydrogens is 218 g/mol. The molecule has 1 aliphatic carbocycles. The largest absolute Gasteiger partial charge is 0.445 e. The molecule has 0 spiro atoms. The number of nitrogens with zero attached hydrogens (tertiary/aromatic N) is 2. The molecule has 5 nitrogen and oxygen atoms in total. The Bertz CT molecular complexity index is 431. The molecule has 1 aromatic rings. The lowest BCUT2D eigenvalue weighted by molar-refractivity contribution is 0.0729. The zero-order valence-corrected chi connectivity index (χ0v) is 10.0. The third-order valence-corrected chi connectivity index (χ3v) is 3.35. The van der Waals surface area contributed by atoms with E-state index in [1.54, 1.807) is 0 Å². The average Bonchev–Trinajstić information content (AvgIpc) is 3.13. The summed E-state index contributed by atoms with van der Waals surface area (Å²) >= 11 is 0. The van der Waals surface area contributed by atoms with Gasteiger partial charge in [-0.1, -0.05) is 0 Å². The van der Waals surface area contributed by atoms with Crippen LogP contribution in [0.25, 0.3) is 0 Å². The van der Waals surface area contributed by atoms with Crippen LogP contribution in [-0.2, 0) is 0 Å². The first-order valence-corrected chi connectivity index (χ1v) is 6.23. The third-order valence-electron chi connectivity index (χ3n) is 3.35. The number of carbonyl (C=O) groups is 1. The van der Waals surface area contributed by atoms with E-state index >= 15 is 0 Å². The molecule has 1 saturated heterocycles. The lowest BCUT2D eigenvalue weighted by atomic mass is 10.3. The number of aryl methyl sites for hydroxylation is 1. The normalized spacial score (nSPS) is 20.6. The molecule has 1 saturated carbocycles. The summed E-state index contributed by atoms with van der Waals surface area (Å²) in [5.41, 5.74) is 0.508. The first-order chi connectivity index (χ1) is 8.25. The predicted molar refractivity (Wildman–Crippen MR) is 62.0 cm³/mol. The van der Waals surface area contributed by atoms with E-state index in [0.29, 0.717) is 17.4 Å². The lowest BCUT2D eigenvalue weighted by Gasteiger charge is -2.26. The van der Waals surface area contributed by atoms with E-state index in [2.05, 4.69) is 10.3 Å². The number of oxazole rings is 1. The van der Waals surface area contributed by atoms with E-state index in [9.17, 15) is 4.79 Å². The molecule has 0 aromatic carbocycles. The quantitative estimate of drug-likeness (QED) is 0.827. The van der Waals surface area contributed by atoms with E-state index in [4.69, 9.17) is 4.42 Å². The van der Waals surface area contributed by atoms with E-state index in [0.717, 1.165) is 44.9 Å². The van der Waals surface area contributed by atoms with Gasteiger partial charge in [-0.2, -0.15) is 0 Å². The highest BCUT2D eigenvalue weighted by Crippen LogP contribution is 2.40. The van der Waals surface area contributed by atoms with Crippen molar-refractivity contribution in [3.8, 4) is 0 Å². The Hall–Kier alpha value is -1.36. The van der Waals surface area contributed by atoms with Crippen LogP contribution in [0.1, 0.15) is 40.9 Å². The molecule has 1 amide bonds. The van der Waals surface area contributed by atoms with Gasteiger partial charge in [-0.15, -0.1) is 0 Å². The molecule has 0 atom stereocenters. The van der Waals surface area contributed by atoms with Gasteiger partial charge in [0.15, 0.2) is 11.6 Å². The Morgan fingerprint density at radius 3 is 2.76 bits per heavy atom. The van der Waals surface area contributed by atoms with Crippen LogP contribution < -0.4 is 5.32 Å². The SMILES string of the molecule is Cc1oc(C2CC2)nc1C(=O)N1CCNCC1. The summed E-state index contributed by atoms with van der Waals surface area (Å²) in [4.78, 5) is 18.5. The van der Waals surface area contributed by atoms with Crippen LogP contribution in [0.15, 0.2) is 4.42 Å². The molecule has 0 unspecified atom stereocenters. The Labute approximate surface area is 100 Å². The monoisotopic (exact) mass is 235 g/mol. The average molecular weight is 235 g/mol. The van der Waals surface area contributed by atoms with Crippen molar-refractivity contribution in [3.63, 3.8) is 0 Å². The third kappa shape index (κ3) is 2.07. The second-order valence-corrected chi connectivity index (χ2v) is 4.77. The molecule has 2 heterocycles. The molecule has 2 aliphatic rings. The van der Waals surface area contributed by atoms with Gasteiger partial charge in [-0.3, -0.25) is 4.79 Å². The highest BCUT2D eigenvalue weighted by Gasteiger charge is 2.32. The number of aromatic nitrogens is 1. The van der Waals surface area contributed by atoms with Crippen molar-refractivity contribution >= 4 is 5.91 Å². The number of piperazine rings is 1. The first-order valence-electron chi connectivity index (χ1n) is 6.23. The van der Waals surface area contributed by atoms with Crippen LogP contribution in [0.5, 0.6) is 0 Å². The maximum atomic E-state index is 12.3. The topological polar surface area (TPSA) is 58.4 Å². The van der Waals surface area contributed by atoms with Gasteiger partial charge in [-0.05, 0) is 19.8 Å². The summed E-state index contributed by atoms with van der Waals surface area (Å²) in [7, 11) is 0. The first kappa shape index (κ1) is 10.8. The second kappa shape index (κ2) is 4.14. The van der Waals surface area contributed by atoms with Gasteiger partial charge < -0.3 is 14.6 Å². The molecule has 3 rings (SSSR count). The van der Waals surface area contributed by atoms with Gasteiger partial charge in [0, 0.05) is 32.1 Å². The number of rotatable bonds is 2. The Kier molecular flexibility index (Phi) is 2.63. The van der Waals surface area contributed by atoms with Crippen molar-refractivity contribution in [1.29, 1.82) is 0 Å². The van der Waals surface area contributed by atoms with Gasteiger partial charge in [0.2, 0.25) is 0 Å². The maximum Gasteiger partial charge on any atom is 0.276 e. The van der Waals surface area contributed by atoms with Crippen LogP contribution in [0.4, 0.5) is 0 Å². The summed E-state index contributed by atoms with van der Waals surface area (Å²) in [5.74, 6) is 1.88. The van der Waals surface area contributed by atoms with Crippen LogP contribution in [0.2, 0.25) is 0 Å². The van der Waals surface area contributed by atoms with Crippen molar-refractivity contribution in [2.45, 2.75) is 25.7 Å². The van der Waals surface area contributed by atoms with Crippen LogP contribution in [0, 0.1) is 6.92 Å². The minimum atomic E-state index is 0.0136. The number of hydrogen-bond acceptors (Lipinski definition) is 4. The zero-order valence-electron chi connectivity index (χ0n) is 10.0. The summed E-state index contributed by atoms with van der Waals surface area (Å²) in [6.07, 6.45) is 2.28. The van der Waals surface area contributed by atoms with Crippen LogP contribution in [0.3, 0.4) is 0 Å². The zero-order chi connectivity index (χ0) is 11.8. The lowest BCUT2D eigenvalue weighted by Crippen LogP contribution is -2.46. The van der Waals surface area contributed by atoms with Crippen molar-refractivity contribution < 1.29 is 9.21 Å². The fourth-order valence-corrected chi connectivity index (χ4v) is 2.14.